The second kappa shape index (κ2) is 9.91. The van der Waals surface area contributed by atoms with Gasteiger partial charge in [0.15, 0.2) is 0 Å². The van der Waals surface area contributed by atoms with Crippen LogP contribution < -0.4 is 10.4 Å². The van der Waals surface area contributed by atoms with Crippen LogP contribution in [-0.4, -0.2) is 29.3 Å². The van der Waals surface area contributed by atoms with E-state index in [4.69, 9.17) is 9.31 Å². The van der Waals surface area contributed by atoms with Gasteiger partial charge in [0, 0.05) is 5.69 Å². The highest BCUT2D eigenvalue weighted by Crippen LogP contribution is 2.46. The van der Waals surface area contributed by atoms with Crippen LogP contribution in [0.5, 0.6) is 0 Å². The fraction of sp³-hybridized carbons (Fsp3) is 0.367. The lowest BCUT2D eigenvalue weighted by molar-refractivity contribution is -0.131. The van der Waals surface area contributed by atoms with E-state index in [1.165, 1.54) is 24.3 Å². The molecule has 8 heteroatoms. The van der Waals surface area contributed by atoms with Crippen molar-refractivity contribution in [3.8, 4) is 0 Å². The number of rotatable bonds is 7. The minimum absolute atomic E-state index is 0.0806. The van der Waals surface area contributed by atoms with Crippen molar-refractivity contribution >= 4 is 24.2 Å². The number of carbonyl (C=O) groups is 1. The van der Waals surface area contributed by atoms with Crippen LogP contribution in [-0.2, 0) is 14.1 Å². The number of β-lactam (4-membered cyclic amide) rings is 1. The molecule has 3 aromatic rings. The van der Waals surface area contributed by atoms with Gasteiger partial charge in [-0.2, -0.15) is 0 Å². The van der Waals surface area contributed by atoms with E-state index in [0.29, 0.717) is 24.1 Å². The monoisotopic (exact) mass is 519 g/mol. The summed E-state index contributed by atoms with van der Waals surface area (Å²) in [7, 11) is -0.494. The van der Waals surface area contributed by atoms with Gasteiger partial charge in [-0.05, 0) is 93.5 Å². The SMILES string of the molecule is CC1(C)OB(c2ccc([C@@H]3[C@@H](CCC(O)c4ccc(F)cc4)C(=O)N3c3ccc(F)cc3)cc2)OC1(C)C. The lowest BCUT2D eigenvalue weighted by Crippen LogP contribution is -2.55. The van der Waals surface area contributed by atoms with Crippen molar-refractivity contribution in [1.82, 2.24) is 0 Å². The average Bonchev–Trinajstić information content (AvgIpc) is 3.10. The first-order valence-electron chi connectivity index (χ1n) is 12.9. The van der Waals surface area contributed by atoms with Crippen molar-refractivity contribution in [2.24, 2.45) is 5.92 Å². The van der Waals surface area contributed by atoms with Crippen molar-refractivity contribution in [1.29, 1.82) is 0 Å². The van der Waals surface area contributed by atoms with Gasteiger partial charge in [0.05, 0.1) is 29.3 Å². The lowest BCUT2D eigenvalue weighted by Gasteiger charge is -2.48. The summed E-state index contributed by atoms with van der Waals surface area (Å²) in [5, 5.41) is 10.7. The molecule has 1 N–H and O–H groups in total. The number of hydrogen-bond acceptors (Lipinski definition) is 4. The van der Waals surface area contributed by atoms with Crippen LogP contribution in [0, 0.1) is 17.6 Å². The van der Waals surface area contributed by atoms with Crippen molar-refractivity contribution in [2.45, 2.75) is 63.9 Å². The Morgan fingerprint density at radius 1 is 0.868 bits per heavy atom. The zero-order valence-corrected chi connectivity index (χ0v) is 22.0. The number of amides is 1. The summed E-state index contributed by atoms with van der Waals surface area (Å²) in [5.74, 6) is -1.18. The average molecular weight is 519 g/mol. The number of aliphatic hydroxyl groups is 1. The number of aliphatic hydroxyl groups excluding tert-OH is 1. The molecule has 1 amide bonds. The molecule has 0 bridgehead atoms. The molecule has 2 aliphatic heterocycles. The smallest absolute Gasteiger partial charge is 0.399 e. The Labute approximate surface area is 222 Å². The Kier molecular flexibility index (Phi) is 6.92. The molecule has 2 aliphatic rings. The third-order valence-electron chi connectivity index (χ3n) is 8.13. The molecule has 0 spiro atoms. The largest absolute Gasteiger partial charge is 0.494 e. The minimum Gasteiger partial charge on any atom is -0.399 e. The maximum absolute atomic E-state index is 13.6. The molecule has 2 heterocycles. The van der Waals surface area contributed by atoms with Crippen molar-refractivity contribution in [2.75, 3.05) is 4.90 Å². The van der Waals surface area contributed by atoms with Crippen LogP contribution in [0.2, 0.25) is 0 Å². The highest BCUT2D eigenvalue weighted by Gasteiger charge is 2.52. The molecular formula is C30H32BF2NO4. The number of anilines is 1. The maximum Gasteiger partial charge on any atom is 0.494 e. The Morgan fingerprint density at radius 2 is 1.39 bits per heavy atom. The fourth-order valence-electron chi connectivity index (χ4n) is 5.12. The Bertz CT molecular complexity index is 1280. The highest BCUT2D eigenvalue weighted by molar-refractivity contribution is 6.62. The number of halogens is 2. The molecule has 3 aromatic carbocycles. The third kappa shape index (κ3) is 4.88. The van der Waals surface area contributed by atoms with Gasteiger partial charge in [0.2, 0.25) is 5.91 Å². The van der Waals surface area contributed by atoms with Crippen LogP contribution >= 0.6 is 0 Å². The number of nitrogens with zero attached hydrogens (tertiary/aromatic N) is 1. The van der Waals surface area contributed by atoms with Crippen molar-refractivity contribution in [3.05, 3.63) is 95.6 Å². The quantitative estimate of drug-likeness (QED) is 0.332. The summed E-state index contributed by atoms with van der Waals surface area (Å²) in [6.45, 7) is 8.03. The van der Waals surface area contributed by atoms with Gasteiger partial charge in [0.25, 0.3) is 0 Å². The molecule has 3 atom stereocenters. The summed E-state index contributed by atoms with van der Waals surface area (Å²) < 4.78 is 39.2. The second-order valence-corrected chi connectivity index (χ2v) is 11.1. The Hall–Kier alpha value is -3.07. The van der Waals surface area contributed by atoms with E-state index in [9.17, 15) is 18.7 Å². The lowest BCUT2D eigenvalue weighted by atomic mass is 9.75. The van der Waals surface area contributed by atoms with Crippen LogP contribution in [0.3, 0.4) is 0 Å². The van der Waals surface area contributed by atoms with Crippen LogP contribution in [0.4, 0.5) is 14.5 Å². The first-order valence-corrected chi connectivity index (χ1v) is 12.9. The minimum atomic E-state index is -0.810. The molecule has 2 saturated heterocycles. The normalized spacial score (nSPS) is 22.9. The Morgan fingerprint density at radius 3 is 1.95 bits per heavy atom. The molecule has 5 rings (SSSR count). The Balaban J connectivity index is 1.37. The summed E-state index contributed by atoms with van der Waals surface area (Å²) in [6, 6.07) is 19.2. The van der Waals surface area contributed by atoms with Gasteiger partial charge >= 0.3 is 7.12 Å². The van der Waals surface area contributed by atoms with Gasteiger partial charge in [-0.3, -0.25) is 4.79 Å². The highest BCUT2D eigenvalue weighted by atomic mass is 19.1. The van der Waals surface area contributed by atoms with Gasteiger partial charge in [-0.15, -0.1) is 0 Å². The van der Waals surface area contributed by atoms with Crippen LogP contribution in [0.25, 0.3) is 0 Å². The number of benzene rings is 3. The standard InChI is InChI=1S/C30H32BF2NO4/c1-29(2)30(3,4)38-31(37-29)21-9-5-20(6-10-21)27-25(17-18-26(35)19-7-11-22(32)12-8-19)28(36)34(27)24-15-13-23(33)14-16-24/h5-16,25-27,35H,17-18H2,1-4H3/t25-,26?,27-/m1/s1. The summed E-state index contributed by atoms with van der Waals surface area (Å²) >= 11 is 0. The van der Waals surface area contributed by atoms with E-state index in [-0.39, 0.29) is 29.5 Å². The summed E-state index contributed by atoms with van der Waals surface area (Å²) in [4.78, 5) is 15.0. The molecule has 1 unspecified atom stereocenters. The zero-order valence-electron chi connectivity index (χ0n) is 22.0. The summed E-state index contributed by atoms with van der Waals surface area (Å²) in [5.41, 5.74) is 2.13. The van der Waals surface area contributed by atoms with Gasteiger partial charge in [0.1, 0.15) is 11.6 Å². The van der Waals surface area contributed by atoms with Crippen molar-refractivity contribution < 1.29 is 28.0 Å². The molecule has 2 fully saturated rings. The van der Waals surface area contributed by atoms with Crippen LogP contribution in [0.15, 0.2) is 72.8 Å². The molecule has 5 nitrogen and oxygen atoms in total. The fourth-order valence-corrected chi connectivity index (χ4v) is 5.12. The topological polar surface area (TPSA) is 59.0 Å². The van der Waals surface area contributed by atoms with Gasteiger partial charge < -0.3 is 19.3 Å². The molecule has 38 heavy (non-hydrogen) atoms. The molecule has 198 valence electrons. The summed E-state index contributed by atoms with van der Waals surface area (Å²) in [6.07, 6.45) is -0.0183. The van der Waals surface area contributed by atoms with E-state index < -0.39 is 24.4 Å². The van der Waals surface area contributed by atoms with Crippen molar-refractivity contribution in [3.63, 3.8) is 0 Å². The first-order chi connectivity index (χ1) is 18.0. The van der Waals surface area contributed by atoms with E-state index in [1.807, 2.05) is 52.0 Å². The molecule has 0 aromatic heterocycles. The van der Waals surface area contributed by atoms with E-state index >= 15 is 0 Å². The second-order valence-electron chi connectivity index (χ2n) is 11.1. The van der Waals surface area contributed by atoms with E-state index in [1.54, 1.807) is 29.2 Å². The molecule has 0 aliphatic carbocycles. The zero-order chi connectivity index (χ0) is 27.2. The molecular weight excluding hydrogens is 487 g/mol. The van der Waals surface area contributed by atoms with Crippen LogP contribution in [0.1, 0.15) is 63.8 Å². The van der Waals surface area contributed by atoms with E-state index in [0.717, 1.165) is 11.0 Å². The predicted molar refractivity (Wildman–Crippen MR) is 143 cm³/mol. The predicted octanol–water partition coefficient (Wildman–Crippen LogP) is 5.48. The molecule has 0 saturated carbocycles. The number of hydrogen-bond donors (Lipinski definition) is 1. The molecule has 0 radical (unpaired) electrons. The van der Waals surface area contributed by atoms with Gasteiger partial charge in [-0.25, -0.2) is 8.78 Å². The number of carbonyl (C=O) groups excluding carboxylic acids is 1. The maximum atomic E-state index is 13.6. The van der Waals surface area contributed by atoms with E-state index in [2.05, 4.69) is 0 Å². The third-order valence-corrected chi connectivity index (χ3v) is 8.13. The first kappa shape index (κ1) is 26.5. The van der Waals surface area contributed by atoms with Gasteiger partial charge in [-0.1, -0.05) is 36.4 Å².